The molecule has 170 valence electrons. The molecule has 6 rings (SSSR count). The highest BCUT2D eigenvalue weighted by molar-refractivity contribution is 7.88. The van der Waals surface area contributed by atoms with Gasteiger partial charge in [0.2, 0.25) is 5.96 Å². The molecule has 4 aliphatic carbocycles. The molecule has 5 aliphatic rings. The number of hydrogen-bond acceptors (Lipinski definition) is 4. The second-order valence-corrected chi connectivity index (χ2v) is 11.8. The summed E-state index contributed by atoms with van der Waals surface area (Å²) in [6, 6.07) is 1.65. The summed E-state index contributed by atoms with van der Waals surface area (Å²) in [5, 5.41) is 8.40. The van der Waals surface area contributed by atoms with Crippen LogP contribution in [0.2, 0.25) is 0 Å². The van der Waals surface area contributed by atoms with Crippen molar-refractivity contribution in [3.8, 4) is 5.75 Å². The number of aromatic nitrogens is 1. The van der Waals surface area contributed by atoms with Crippen molar-refractivity contribution in [3.05, 3.63) is 23.3 Å². The zero-order chi connectivity index (χ0) is 21.8. The summed E-state index contributed by atoms with van der Waals surface area (Å²) >= 11 is 0. The fourth-order valence-corrected chi connectivity index (χ4v) is 7.76. The van der Waals surface area contributed by atoms with Gasteiger partial charge in [-0.15, -0.1) is 4.40 Å². The molecule has 0 aromatic carbocycles. The minimum Gasteiger partial charge on any atom is -0.493 e. The van der Waals surface area contributed by atoms with E-state index in [1.165, 1.54) is 47.4 Å². The van der Waals surface area contributed by atoms with E-state index in [1.54, 1.807) is 12.3 Å². The maximum atomic E-state index is 12.3. The molecule has 0 radical (unpaired) electrons. The molecular weight excluding hydrogens is 414 g/mol. The fourth-order valence-electron chi connectivity index (χ4n) is 6.60. The van der Waals surface area contributed by atoms with E-state index in [9.17, 15) is 8.42 Å². The van der Waals surface area contributed by atoms with Crippen LogP contribution in [-0.4, -0.2) is 42.9 Å². The topological polar surface area (TPSA) is 114 Å². The van der Waals surface area contributed by atoms with Crippen LogP contribution in [0.3, 0.4) is 0 Å². The lowest BCUT2D eigenvalue weighted by Gasteiger charge is -2.56. The van der Waals surface area contributed by atoms with Crippen molar-refractivity contribution in [2.45, 2.75) is 58.3 Å². The quantitative estimate of drug-likeness (QED) is 0.514. The van der Waals surface area contributed by atoms with Gasteiger partial charge in [0.05, 0.1) is 6.61 Å². The van der Waals surface area contributed by atoms with Crippen molar-refractivity contribution >= 4 is 16.2 Å². The maximum Gasteiger partial charge on any atom is 0.325 e. The van der Waals surface area contributed by atoms with Crippen molar-refractivity contribution in [3.63, 3.8) is 0 Å². The molecule has 1 aromatic rings. The Hall–Kier alpha value is -1.87. The molecule has 2 heterocycles. The fraction of sp³-hybridized carbons (Fsp3) is 0.727. The third-order valence-corrected chi connectivity index (χ3v) is 9.24. The predicted octanol–water partition coefficient (Wildman–Crippen LogP) is 2.24. The molecule has 3 N–H and O–H groups in total. The van der Waals surface area contributed by atoms with Crippen molar-refractivity contribution in [1.29, 1.82) is 5.41 Å². The van der Waals surface area contributed by atoms with Gasteiger partial charge in [-0.3, -0.25) is 9.98 Å². The number of rotatable bonds is 6. The van der Waals surface area contributed by atoms with Crippen molar-refractivity contribution in [2.75, 3.05) is 19.7 Å². The number of ether oxygens (including phenoxy) is 1. The average Bonchev–Trinajstić information content (AvgIpc) is 2.63. The summed E-state index contributed by atoms with van der Waals surface area (Å²) in [7, 11) is -3.79. The van der Waals surface area contributed by atoms with E-state index in [-0.39, 0.29) is 11.4 Å². The summed E-state index contributed by atoms with van der Waals surface area (Å²) in [6.45, 7) is 3.66. The molecule has 0 spiro atoms. The second kappa shape index (κ2) is 7.62. The molecule has 5 fully saturated rings. The lowest BCUT2D eigenvalue weighted by molar-refractivity contribution is -0.0746. The van der Waals surface area contributed by atoms with Gasteiger partial charge in [-0.1, -0.05) is 6.92 Å². The highest BCUT2D eigenvalue weighted by atomic mass is 32.2. The van der Waals surface area contributed by atoms with Gasteiger partial charge >= 0.3 is 10.2 Å². The highest BCUT2D eigenvalue weighted by Gasteiger charge is 2.51. The highest BCUT2D eigenvalue weighted by Crippen LogP contribution is 2.60. The third kappa shape index (κ3) is 3.91. The molecule has 1 saturated heterocycles. The second-order valence-electron chi connectivity index (χ2n) is 10.2. The lowest BCUT2D eigenvalue weighted by atomic mass is 9.50. The number of hydrogen-bond donors (Lipinski definition) is 2. The predicted molar refractivity (Wildman–Crippen MR) is 118 cm³/mol. The molecule has 4 saturated carbocycles. The van der Waals surface area contributed by atoms with Crippen LogP contribution in [0.5, 0.6) is 5.75 Å². The minimum atomic E-state index is -3.79. The largest absolute Gasteiger partial charge is 0.493 e. The Kier molecular flexibility index (Phi) is 5.16. The zero-order valence-corrected chi connectivity index (χ0v) is 19.0. The number of aryl methyl sites for hydroxylation is 1. The maximum absolute atomic E-state index is 12.3. The molecule has 0 unspecified atom stereocenters. The van der Waals surface area contributed by atoms with Gasteiger partial charge in [-0.2, -0.15) is 12.7 Å². The van der Waals surface area contributed by atoms with Crippen LogP contribution < -0.4 is 16.0 Å². The van der Waals surface area contributed by atoms with Gasteiger partial charge in [-0.05, 0) is 69.1 Å². The molecule has 4 bridgehead atoms. The number of nitrogens with one attached hydrogen (secondary N) is 1. The van der Waals surface area contributed by atoms with Crippen LogP contribution in [0, 0.1) is 28.6 Å². The lowest BCUT2D eigenvalue weighted by Crippen LogP contribution is -2.48. The Morgan fingerprint density at radius 3 is 2.35 bits per heavy atom. The monoisotopic (exact) mass is 447 g/mol. The number of nitrogens with zero attached hydrogens (tertiary/aromatic N) is 3. The molecule has 9 heteroatoms. The van der Waals surface area contributed by atoms with Crippen LogP contribution in [0.25, 0.3) is 0 Å². The van der Waals surface area contributed by atoms with Crippen LogP contribution in [-0.2, 0) is 16.6 Å². The molecule has 0 atom stereocenters. The normalized spacial score (nSPS) is 32.8. The minimum absolute atomic E-state index is 0.0674. The van der Waals surface area contributed by atoms with Crippen LogP contribution in [0.4, 0.5) is 0 Å². The van der Waals surface area contributed by atoms with Gasteiger partial charge in [0.25, 0.3) is 0 Å². The van der Waals surface area contributed by atoms with Gasteiger partial charge in [0.15, 0.2) is 0 Å². The summed E-state index contributed by atoms with van der Waals surface area (Å²) < 4.78 is 37.3. The first-order valence-electron chi connectivity index (χ1n) is 11.6. The van der Waals surface area contributed by atoms with Crippen LogP contribution in [0.1, 0.15) is 57.4 Å². The van der Waals surface area contributed by atoms with E-state index in [0.717, 1.165) is 29.7 Å². The number of nitrogens with two attached hydrogens (primary N) is 1. The zero-order valence-electron chi connectivity index (χ0n) is 18.2. The van der Waals surface area contributed by atoms with E-state index in [4.69, 9.17) is 15.9 Å². The van der Waals surface area contributed by atoms with Crippen LogP contribution >= 0.6 is 0 Å². The molecule has 8 nitrogen and oxygen atoms in total. The third-order valence-electron chi connectivity index (χ3n) is 7.81. The molecule has 1 aliphatic heterocycles. The van der Waals surface area contributed by atoms with Gasteiger partial charge < -0.3 is 10.5 Å². The summed E-state index contributed by atoms with van der Waals surface area (Å²) in [5.41, 5.74) is 7.26. The first-order valence-corrected chi connectivity index (χ1v) is 13.0. The van der Waals surface area contributed by atoms with E-state index in [0.29, 0.717) is 37.3 Å². The Morgan fingerprint density at radius 1 is 1.23 bits per heavy atom. The van der Waals surface area contributed by atoms with E-state index >= 15 is 0 Å². The molecule has 0 amide bonds. The first-order chi connectivity index (χ1) is 14.8. The van der Waals surface area contributed by atoms with E-state index in [2.05, 4.69) is 4.40 Å². The smallest absolute Gasteiger partial charge is 0.325 e. The molecular formula is C22H33N5O3S. The number of pyridine rings is 1. The molecule has 1 aromatic heterocycles. The van der Waals surface area contributed by atoms with E-state index in [1.807, 2.05) is 6.92 Å². The Bertz CT molecular complexity index is 1020. The Morgan fingerprint density at radius 2 is 1.84 bits per heavy atom. The van der Waals surface area contributed by atoms with Crippen molar-refractivity contribution < 1.29 is 13.2 Å². The van der Waals surface area contributed by atoms with Gasteiger partial charge in [-0.25, -0.2) is 0 Å². The average molecular weight is 448 g/mol. The Labute approximate surface area is 184 Å². The summed E-state index contributed by atoms with van der Waals surface area (Å²) in [5.74, 6) is 3.11. The summed E-state index contributed by atoms with van der Waals surface area (Å²) in [6.07, 6.45) is 11.3. The SMILES string of the molecule is CCc1cn(C(N)=NS(=O)(=O)N2CCC2)c(=N)cc1OCC12CC3CC(CC(C3)C1)C2. The Balaban J connectivity index is 1.36. The molecule has 31 heavy (non-hydrogen) atoms. The standard InChI is InChI=1S/C22H33N5O3S/c1-2-18-13-27(21(24)25-31(28,29)26-4-3-5-26)20(23)9-19(18)30-14-22-10-15-6-16(11-22)8-17(7-15)12-22/h9,13,15-17,23H,2-8,10-12,14H2,1H3,(H2,24,25). The summed E-state index contributed by atoms with van der Waals surface area (Å²) in [4.78, 5) is 0. The van der Waals surface area contributed by atoms with Gasteiger partial charge in [0.1, 0.15) is 11.2 Å². The van der Waals surface area contributed by atoms with Crippen molar-refractivity contribution in [1.82, 2.24) is 8.87 Å². The van der Waals surface area contributed by atoms with Crippen LogP contribution in [0.15, 0.2) is 16.7 Å². The van der Waals surface area contributed by atoms with E-state index < -0.39 is 10.2 Å². The van der Waals surface area contributed by atoms with Gasteiger partial charge in [0, 0.05) is 36.3 Å². The van der Waals surface area contributed by atoms with Crippen molar-refractivity contribution in [2.24, 2.45) is 33.3 Å². The first kappa shape index (κ1) is 21.0.